The average Bonchev–Trinajstić information content (AvgIpc) is 3.38. The summed E-state index contributed by atoms with van der Waals surface area (Å²) in [4.78, 5) is 54.9. The molecule has 0 aliphatic carbocycles. The van der Waals surface area contributed by atoms with Crippen molar-refractivity contribution in [2.45, 2.75) is 31.8 Å². The maximum absolute atomic E-state index is 14.1. The molecule has 4 atom stereocenters. The first-order valence-electron chi connectivity index (χ1n) is 12.2. The summed E-state index contributed by atoms with van der Waals surface area (Å²) in [5.74, 6) is -3.50. The minimum Gasteiger partial charge on any atom is -0.468 e. The van der Waals surface area contributed by atoms with Crippen molar-refractivity contribution in [3.05, 3.63) is 101 Å². The van der Waals surface area contributed by atoms with Crippen molar-refractivity contribution >= 4 is 29.3 Å². The largest absolute Gasteiger partial charge is 0.468 e. The predicted molar refractivity (Wildman–Crippen MR) is 138 cm³/mol. The fourth-order valence-electron chi connectivity index (χ4n) is 5.85. The number of imide groups is 1. The number of benzene rings is 3. The molecule has 0 bridgehead atoms. The van der Waals surface area contributed by atoms with Crippen LogP contribution < -0.4 is 10.2 Å². The van der Waals surface area contributed by atoms with Crippen molar-refractivity contribution in [3.63, 3.8) is 0 Å². The minimum atomic E-state index is -1.46. The molecule has 3 aromatic carbocycles. The second kappa shape index (κ2) is 9.41. The highest BCUT2D eigenvalue weighted by Crippen LogP contribution is 2.51. The van der Waals surface area contributed by atoms with E-state index in [1.807, 2.05) is 61.5 Å². The molecule has 0 radical (unpaired) electrons. The molecule has 2 amide bonds. The van der Waals surface area contributed by atoms with Crippen LogP contribution in [-0.4, -0.2) is 36.2 Å². The number of anilines is 1. The number of Topliss-reactive ketones (excluding diaryl/α,β-unsaturated/α-hetero) is 1. The summed E-state index contributed by atoms with van der Waals surface area (Å²) in [5.41, 5.74) is 1.87. The van der Waals surface area contributed by atoms with Gasteiger partial charge in [0.15, 0.2) is 5.78 Å². The third-order valence-electron chi connectivity index (χ3n) is 7.56. The normalized spacial score (nSPS) is 24.7. The summed E-state index contributed by atoms with van der Waals surface area (Å²) < 4.78 is 5.28. The maximum Gasteiger partial charge on any atom is 0.327 e. The zero-order valence-electron chi connectivity index (χ0n) is 20.9. The highest BCUT2D eigenvalue weighted by atomic mass is 16.5. The minimum absolute atomic E-state index is 0.171. The van der Waals surface area contributed by atoms with E-state index in [4.69, 9.17) is 4.74 Å². The predicted octanol–water partition coefficient (Wildman–Crippen LogP) is 3.80. The molecule has 2 aliphatic heterocycles. The number of nitrogens with zero attached hydrogens (tertiary/aromatic N) is 1. The molecular formula is C30H28N2O5. The summed E-state index contributed by atoms with van der Waals surface area (Å²) in [6, 6.07) is 22.9. The van der Waals surface area contributed by atoms with E-state index in [0.717, 1.165) is 21.6 Å². The lowest BCUT2D eigenvalue weighted by molar-refractivity contribution is -0.152. The van der Waals surface area contributed by atoms with Gasteiger partial charge in [-0.25, -0.2) is 4.90 Å². The summed E-state index contributed by atoms with van der Waals surface area (Å²) in [6.07, 6.45) is 0.171. The third kappa shape index (κ3) is 3.96. The van der Waals surface area contributed by atoms with Crippen molar-refractivity contribution in [2.75, 3.05) is 12.0 Å². The highest BCUT2D eigenvalue weighted by molar-refractivity contribution is 6.24. The van der Waals surface area contributed by atoms with E-state index in [9.17, 15) is 19.2 Å². The number of rotatable bonds is 6. The molecule has 7 heteroatoms. The molecule has 3 aromatic rings. The summed E-state index contributed by atoms with van der Waals surface area (Å²) in [6.45, 7) is 3.37. The van der Waals surface area contributed by atoms with Crippen molar-refractivity contribution < 1.29 is 23.9 Å². The van der Waals surface area contributed by atoms with Gasteiger partial charge in [-0.1, -0.05) is 66.7 Å². The number of hydrogen-bond acceptors (Lipinski definition) is 6. The number of methoxy groups -OCH3 is 1. The summed E-state index contributed by atoms with van der Waals surface area (Å²) in [5, 5.41) is 3.43. The van der Waals surface area contributed by atoms with Crippen LogP contribution in [0.4, 0.5) is 5.69 Å². The van der Waals surface area contributed by atoms with E-state index in [1.165, 1.54) is 14.0 Å². The van der Waals surface area contributed by atoms with Crippen molar-refractivity contribution in [2.24, 2.45) is 11.8 Å². The lowest BCUT2D eigenvalue weighted by Gasteiger charge is -2.33. The number of aryl methyl sites for hydroxylation is 1. The van der Waals surface area contributed by atoms with Gasteiger partial charge in [-0.2, -0.15) is 0 Å². The lowest BCUT2D eigenvalue weighted by atomic mass is 9.76. The third-order valence-corrected chi connectivity index (χ3v) is 7.56. The average molecular weight is 497 g/mol. The number of nitrogens with one attached hydrogen (secondary N) is 1. The van der Waals surface area contributed by atoms with Crippen LogP contribution in [0.15, 0.2) is 78.9 Å². The standard InChI is InChI=1S/C30H28N2O5/c1-18-10-7-8-15-23(18)26-24-25(30(31-26,29(36)37-3)17-20-11-5-4-6-12-20)28(35)32(27(24)34)22-14-9-13-21(16-22)19(2)33/h4-16,24-26,31H,17H2,1-3H3/t24-,25-,26+,30+/m0/s1. The molecule has 0 aromatic heterocycles. The molecular weight excluding hydrogens is 468 g/mol. The van der Waals surface area contributed by atoms with Crippen molar-refractivity contribution in [3.8, 4) is 0 Å². The van der Waals surface area contributed by atoms with Crippen LogP contribution in [0.25, 0.3) is 0 Å². The van der Waals surface area contributed by atoms with E-state index in [1.54, 1.807) is 24.3 Å². The fraction of sp³-hybridized carbons (Fsp3) is 0.267. The first-order valence-corrected chi connectivity index (χ1v) is 12.2. The van der Waals surface area contributed by atoms with Gasteiger partial charge in [0.05, 0.1) is 24.6 Å². The Hall–Kier alpha value is -4.10. The Morgan fingerprint density at radius 2 is 1.65 bits per heavy atom. The number of fused-ring (bicyclic) bond motifs is 1. The summed E-state index contributed by atoms with van der Waals surface area (Å²) in [7, 11) is 1.29. The Morgan fingerprint density at radius 3 is 2.32 bits per heavy atom. The van der Waals surface area contributed by atoms with Gasteiger partial charge in [0.25, 0.3) is 0 Å². The van der Waals surface area contributed by atoms with Crippen LogP contribution in [0.3, 0.4) is 0 Å². The molecule has 2 heterocycles. The molecule has 2 fully saturated rings. The molecule has 5 rings (SSSR count). The molecule has 2 saturated heterocycles. The number of esters is 1. The van der Waals surface area contributed by atoms with Crippen LogP contribution >= 0.6 is 0 Å². The molecule has 1 N–H and O–H groups in total. The van der Waals surface area contributed by atoms with Gasteiger partial charge in [0.2, 0.25) is 11.8 Å². The van der Waals surface area contributed by atoms with Crippen LogP contribution in [0.5, 0.6) is 0 Å². The Labute approximate surface area is 215 Å². The second-order valence-corrected chi connectivity index (χ2v) is 9.73. The number of ether oxygens (including phenoxy) is 1. The molecule has 7 nitrogen and oxygen atoms in total. The van der Waals surface area contributed by atoms with Crippen LogP contribution in [0, 0.1) is 18.8 Å². The maximum atomic E-state index is 14.1. The molecule has 0 saturated carbocycles. The van der Waals surface area contributed by atoms with E-state index in [2.05, 4.69) is 5.32 Å². The van der Waals surface area contributed by atoms with Crippen molar-refractivity contribution in [1.82, 2.24) is 5.32 Å². The van der Waals surface area contributed by atoms with Crippen molar-refractivity contribution in [1.29, 1.82) is 0 Å². The quantitative estimate of drug-likeness (QED) is 0.317. The van der Waals surface area contributed by atoms with E-state index in [-0.39, 0.29) is 12.2 Å². The van der Waals surface area contributed by atoms with Gasteiger partial charge in [0.1, 0.15) is 5.54 Å². The molecule has 37 heavy (non-hydrogen) atoms. The number of carbonyl (C=O) groups is 4. The number of carbonyl (C=O) groups excluding carboxylic acids is 4. The Balaban J connectivity index is 1.69. The number of ketones is 1. The lowest BCUT2D eigenvalue weighted by Crippen LogP contribution is -2.57. The van der Waals surface area contributed by atoms with Crippen LogP contribution in [0.2, 0.25) is 0 Å². The second-order valence-electron chi connectivity index (χ2n) is 9.73. The zero-order chi connectivity index (χ0) is 26.3. The van der Waals surface area contributed by atoms with E-state index >= 15 is 0 Å². The monoisotopic (exact) mass is 496 g/mol. The molecule has 188 valence electrons. The first-order chi connectivity index (χ1) is 17.8. The first kappa shape index (κ1) is 24.6. The van der Waals surface area contributed by atoms with E-state index in [0.29, 0.717) is 11.3 Å². The Bertz CT molecular complexity index is 1400. The molecule has 0 unspecified atom stereocenters. The highest BCUT2D eigenvalue weighted by Gasteiger charge is 2.69. The molecule has 0 spiro atoms. The van der Waals surface area contributed by atoms with Gasteiger partial charge in [-0.05, 0) is 42.7 Å². The van der Waals surface area contributed by atoms with Crippen LogP contribution in [-0.2, 0) is 25.5 Å². The van der Waals surface area contributed by atoms with Gasteiger partial charge in [0, 0.05) is 18.0 Å². The Morgan fingerprint density at radius 1 is 0.946 bits per heavy atom. The number of amides is 2. The summed E-state index contributed by atoms with van der Waals surface area (Å²) >= 11 is 0. The number of hydrogen-bond donors (Lipinski definition) is 1. The fourth-order valence-corrected chi connectivity index (χ4v) is 5.85. The molecule has 2 aliphatic rings. The van der Waals surface area contributed by atoms with Gasteiger partial charge in [-0.15, -0.1) is 0 Å². The smallest absolute Gasteiger partial charge is 0.327 e. The van der Waals surface area contributed by atoms with Gasteiger partial charge < -0.3 is 4.74 Å². The SMILES string of the molecule is COC(=O)[C@]1(Cc2ccccc2)N[C@H](c2ccccc2C)[C@H]2C(=O)N(c3cccc(C(C)=O)c3)C(=O)[C@H]21. The van der Waals surface area contributed by atoms with Gasteiger partial charge in [-0.3, -0.25) is 24.5 Å². The van der Waals surface area contributed by atoms with Gasteiger partial charge >= 0.3 is 5.97 Å². The zero-order valence-corrected chi connectivity index (χ0v) is 20.9. The topological polar surface area (TPSA) is 92.8 Å². The van der Waals surface area contributed by atoms with E-state index < -0.39 is 41.2 Å². The Kier molecular flexibility index (Phi) is 6.25. The van der Waals surface area contributed by atoms with Crippen LogP contribution in [0.1, 0.15) is 40.0 Å².